The molecule has 0 saturated carbocycles. The molecule has 32 heavy (non-hydrogen) atoms. The third kappa shape index (κ3) is 4.24. The first-order chi connectivity index (χ1) is 15.6. The lowest BCUT2D eigenvalue weighted by atomic mass is 10.0. The first kappa shape index (κ1) is 21.0. The maximum Gasteiger partial charge on any atom is 0.174 e. The van der Waals surface area contributed by atoms with Crippen molar-refractivity contribution in [2.45, 2.75) is 22.1 Å². The number of nitrogens with one attached hydrogen (secondary N) is 1. The van der Waals surface area contributed by atoms with E-state index in [4.69, 9.17) is 28.2 Å². The molecule has 2 aromatic carbocycles. The van der Waals surface area contributed by atoms with Crippen LogP contribution in [-0.2, 0) is 0 Å². The van der Waals surface area contributed by atoms with Crippen molar-refractivity contribution in [1.82, 2.24) is 10.3 Å². The second-order valence-corrected chi connectivity index (χ2v) is 9.09. The van der Waals surface area contributed by atoms with Gasteiger partial charge in [0.25, 0.3) is 0 Å². The molecule has 5 rings (SSSR count). The van der Waals surface area contributed by atoms with Gasteiger partial charge >= 0.3 is 0 Å². The fourth-order valence-electron chi connectivity index (χ4n) is 3.69. The molecule has 0 spiro atoms. The van der Waals surface area contributed by atoms with Crippen molar-refractivity contribution in [3.05, 3.63) is 107 Å². The number of anilines is 1. The molecule has 4 aromatic rings. The van der Waals surface area contributed by atoms with Crippen LogP contribution in [0.15, 0.2) is 99.5 Å². The number of thiocarbonyl (C=S) groups is 1. The molecule has 2 aromatic heterocycles. The summed E-state index contributed by atoms with van der Waals surface area (Å²) in [4.78, 5) is 7.50. The molecule has 160 valence electrons. The van der Waals surface area contributed by atoms with Crippen LogP contribution in [0.3, 0.4) is 0 Å². The van der Waals surface area contributed by atoms with Gasteiger partial charge in [-0.3, -0.25) is 4.98 Å². The van der Waals surface area contributed by atoms with Crippen molar-refractivity contribution in [3.8, 4) is 0 Å². The summed E-state index contributed by atoms with van der Waals surface area (Å²) < 4.78 is 19.8. The van der Waals surface area contributed by atoms with Crippen LogP contribution in [-0.4, -0.2) is 10.1 Å². The molecule has 3 heterocycles. The Balaban J connectivity index is 1.52. The molecule has 0 unspecified atom stereocenters. The molecule has 2 atom stereocenters. The Bertz CT molecular complexity index is 1230. The number of rotatable bonds is 5. The highest BCUT2D eigenvalue weighted by Crippen LogP contribution is 2.43. The fourth-order valence-corrected chi connectivity index (χ4v) is 4.94. The standard InChI is InChI=1S/C24H17ClFN3OS2/c25-15-4-10-18(11-5-15)32-21-13-12-20(30-21)23-22(19-3-1-2-14-27-19)28-24(31)29(23)17-8-6-16(26)7-9-17/h1-14,22-23H,(H,28,31)/t22-,23-/m0/s1. The van der Waals surface area contributed by atoms with E-state index < -0.39 is 0 Å². The summed E-state index contributed by atoms with van der Waals surface area (Å²) in [7, 11) is 0. The van der Waals surface area contributed by atoms with E-state index in [-0.39, 0.29) is 17.9 Å². The minimum absolute atomic E-state index is 0.228. The van der Waals surface area contributed by atoms with Gasteiger partial charge in [-0.15, -0.1) is 0 Å². The van der Waals surface area contributed by atoms with Gasteiger partial charge in [-0.25, -0.2) is 4.39 Å². The van der Waals surface area contributed by atoms with Crippen LogP contribution in [0.25, 0.3) is 0 Å². The molecule has 0 radical (unpaired) electrons. The van der Waals surface area contributed by atoms with E-state index in [1.807, 2.05) is 59.5 Å². The lowest BCUT2D eigenvalue weighted by molar-refractivity contribution is 0.383. The number of hydrogen-bond acceptors (Lipinski definition) is 4. The van der Waals surface area contributed by atoms with Gasteiger partial charge in [-0.1, -0.05) is 29.4 Å². The lowest BCUT2D eigenvalue weighted by Gasteiger charge is -2.26. The van der Waals surface area contributed by atoms with Gasteiger partial charge in [-0.05, 0) is 85.0 Å². The first-order valence-corrected chi connectivity index (χ1v) is 11.5. The van der Waals surface area contributed by atoms with Gasteiger partial charge in [0, 0.05) is 21.8 Å². The van der Waals surface area contributed by atoms with Crippen molar-refractivity contribution in [1.29, 1.82) is 0 Å². The fraction of sp³-hybridized carbons (Fsp3) is 0.0833. The van der Waals surface area contributed by atoms with Crippen LogP contribution >= 0.6 is 35.6 Å². The van der Waals surface area contributed by atoms with E-state index in [2.05, 4.69) is 10.3 Å². The third-order valence-electron chi connectivity index (χ3n) is 5.13. The van der Waals surface area contributed by atoms with Crippen LogP contribution < -0.4 is 10.2 Å². The third-order valence-corrected chi connectivity index (χ3v) is 6.62. The van der Waals surface area contributed by atoms with E-state index in [9.17, 15) is 4.39 Å². The molecule has 0 amide bonds. The average Bonchev–Trinajstić information content (AvgIpc) is 3.40. The Morgan fingerprint density at radius 1 is 1.00 bits per heavy atom. The van der Waals surface area contributed by atoms with Gasteiger partial charge in [0.2, 0.25) is 0 Å². The summed E-state index contributed by atoms with van der Waals surface area (Å²) in [5.74, 6) is 0.429. The Morgan fingerprint density at radius 2 is 1.78 bits per heavy atom. The number of benzene rings is 2. The average molecular weight is 482 g/mol. The van der Waals surface area contributed by atoms with E-state index in [0.29, 0.717) is 10.1 Å². The number of nitrogens with zero attached hydrogens (tertiary/aromatic N) is 2. The van der Waals surface area contributed by atoms with E-state index in [1.165, 1.54) is 23.9 Å². The van der Waals surface area contributed by atoms with Gasteiger partial charge in [0.15, 0.2) is 10.2 Å². The van der Waals surface area contributed by atoms with Crippen LogP contribution in [0, 0.1) is 5.82 Å². The van der Waals surface area contributed by atoms with Gasteiger partial charge in [-0.2, -0.15) is 0 Å². The predicted molar refractivity (Wildman–Crippen MR) is 129 cm³/mol. The van der Waals surface area contributed by atoms with E-state index in [1.54, 1.807) is 18.3 Å². The molecule has 1 fully saturated rings. The molecular formula is C24H17ClFN3OS2. The zero-order valence-corrected chi connectivity index (χ0v) is 19.0. The molecule has 4 nitrogen and oxygen atoms in total. The molecule has 1 saturated heterocycles. The molecular weight excluding hydrogens is 465 g/mol. The Kier molecular flexibility index (Phi) is 5.87. The molecule has 0 bridgehead atoms. The zero-order chi connectivity index (χ0) is 22.1. The lowest BCUT2D eigenvalue weighted by Crippen LogP contribution is -2.29. The van der Waals surface area contributed by atoms with Crippen molar-refractivity contribution >= 4 is 46.4 Å². The number of furan rings is 1. The highest BCUT2D eigenvalue weighted by Gasteiger charge is 2.42. The van der Waals surface area contributed by atoms with Crippen LogP contribution in [0.4, 0.5) is 10.1 Å². The van der Waals surface area contributed by atoms with Gasteiger partial charge in [0.1, 0.15) is 17.6 Å². The number of hydrogen-bond donors (Lipinski definition) is 1. The molecule has 1 aliphatic rings. The van der Waals surface area contributed by atoms with E-state index >= 15 is 0 Å². The van der Waals surface area contributed by atoms with Gasteiger partial charge in [0.05, 0.1) is 11.7 Å². The topological polar surface area (TPSA) is 41.3 Å². The monoisotopic (exact) mass is 481 g/mol. The second kappa shape index (κ2) is 8.94. The number of aromatic nitrogens is 1. The van der Waals surface area contributed by atoms with Crippen LogP contribution in [0.2, 0.25) is 5.02 Å². The summed E-state index contributed by atoms with van der Waals surface area (Å²) in [6.45, 7) is 0. The maximum atomic E-state index is 13.6. The summed E-state index contributed by atoms with van der Waals surface area (Å²) in [6.07, 6.45) is 1.75. The molecule has 1 N–H and O–H groups in total. The first-order valence-electron chi connectivity index (χ1n) is 9.88. The minimum Gasteiger partial charge on any atom is -0.452 e. The number of halogens is 2. The minimum atomic E-state index is -0.302. The molecule has 8 heteroatoms. The van der Waals surface area contributed by atoms with Crippen LogP contribution in [0.5, 0.6) is 0 Å². The molecule has 0 aliphatic carbocycles. The Hall–Kier alpha value is -2.87. The quantitative estimate of drug-likeness (QED) is 0.316. The Morgan fingerprint density at radius 3 is 2.50 bits per heavy atom. The highest BCUT2D eigenvalue weighted by molar-refractivity contribution is 7.99. The van der Waals surface area contributed by atoms with Gasteiger partial charge < -0.3 is 14.6 Å². The summed E-state index contributed by atoms with van der Waals surface area (Å²) in [5.41, 5.74) is 1.61. The largest absolute Gasteiger partial charge is 0.452 e. The van der Waals surface area contributed by atoms with Crippen molar-refractivity contribution in [3.63, 3.8) is 0 Å². The van der Waals surface area contributed by atoms with Crippen molar-refractivity contribution in [2.24, 2.45) is 0 Å². The normalized spacial score (nSPS) is 18.1. The van der Waals surface area contributed by atoms with Crippen molar-refractivity contribution in [2.75, 3.05) is 4.90 Å². The SMILES string of the molecule is Fc1ccc(N2C(=S)N[C@@H](c3ccccn3)[C@@H]2c2ccc(Sc3ccc(Cl)cc3)o2)cc1. The number of pyridine rings is 1. The van der Waals surface area contributed by atoms with Crippen molar-refractivity contribution < 1.29 is 8.81 Å². The maximum absolute atomic E-state index is 13.6. The predicted octanol–water partition coefficient (Wildman–Crippen LogP) is 6.80. The molecule has 1 aliphatic heterocycles. The van der Waals surface area contributed by atoms with E-state index in [0.717, 1.165) is 27.1 Å². The van der Waals surface area contributed by atoms with Crippen LogP contribution in [0.1, 0.15) is 23.5 Å². The second-order valence-electron chi connectivity index (χ2n) is 7.19. The highest BCUT2D eigenvalue weighted by atomic mass is 35.5. The summed E-state index contributed by atoms with van der Waals surface area (Å²) in [5, 5.41) is 5.33. The summed E-state index contributed by atoms with van der Waals surface area (Å²) >= 11 is 13.2. The summed E-state index contributed by atoms with van der Waals surface area (Å²) in [6, 6.07) is 23.0. The Labute approximate surface area is 199 Å². The smallest absolute Gasteiger partial charge is 0.174 e. The zero-order valence-electron chi connectivity index (χ0n) is 16.6.